The van der Waals surface area contributed by atoms with Crippen LogP contribution >= 0.6 is 11.6 Å². The Kier molecular flexibility index (Phi) is 6.72. The molecule has 5 rings (SSSR count). The van der Waals surface area contributed by atoms with Crippen LogP contribution < -0.4 is 10.6 Å². The van der Waals surface area contributed by atoms with Crippen molar-refractivity contribution in [2.24, 2.45) is 0 Å². The second kappa shape index (κ2) is 10.1. The summed E-state index contributed by atoms with van der Waals surface area (Å²) in [5.41, 5.74) is 2.63. The fourth-order valence-corrected chi connectivity index (χ4v) is 5.44. The molecule has 3 N–H and O–H groups in total. The first-order valence-electron chi connectivity index (χ1n) is 12.1. The fraction of sp³-hybridized carbons (Fsp3) is 0.385. The van der Waals surface area contributed by atoms with E-state index in [-0.39, 0.29) is 23.9 Å². The minimum atomic E-state index is -0.410. The number of carbonyl (C=O) groups excluding carboxylic acids is 2. The van der Waals surface area contributed by atoms with Gasteiger partial charge in [0.15, 0.2) is 0 Å². The van der Waals surface area contributed by atoms with Crippen LogP contribution in [0.3, 0.4) is 0 Å². The third kappa shape index (κ3) is 4.89. The number of nitrogens with zero attached hydrogens (tertiary/aromatic N) is 3. The van der Waals surface area contributed by atoms with Crippen molar-refractivity contribution in [2.45, 2.75) is 56.7 Å². The number of benzene rings is 1. The van der Waals surface area contributed by atoms with Gasteiger partial charge < -0.3 is 20.5 Å². The van der Waals surface area contributed by atoms with Gasteiger partial charge >= 0.3 is 0 Å². The highest BCUT2D eigenvalue weighted by atomic mass is 35.5. The summed E-state index contributed by atoms with van der Waals surface area (Å²) in [7, 11) is 0. The Labute approximate surface area is 209 Å². The monoisotopic (exact) mass is 492 g/mol. The van der Waals surface area contributed by atoms with E-state index in [0.717, 1.165) is 48.6 Å². The van der Waals surface area contributed by atoms with E-state index in [9.17, 15) is 9.59 Å². The minimum Gasteiger partial charge on any atom is -0.360 e. The molecule has 3 aromatic rings. The maximum absolute atomic E-state index is 12.9. The molecule has 9 heteroatoms. The smallest absolute Gasteiger partial charge is 0.246 e. The number of rotatable bonds is 6. The van der Waals surface area contributed by atoms with Crippen LogP contribution in [-0.2, 0) is 9.59 Å². The average Bonchev–Trinajstić information content (AvgIpc) is 3.53. The average molecular weight is 493 g/mol. The first kappa shape index (κ1) is 23.4. The topological polar surface area (TPSA) is 103 Å². The number of aromatic amines is 1. The van der Waals surface area contributed by atoms with Crippen molar-refractivity contribution in [2.75, 3.05) is 11.9 Å². The van der Waals surface area contributed by atoms with Gasteiger partial charge in [0.25, 0.3) is 0 Å². The lowest BCUT2D eigenvalue weighted by atomic mass is 9.90. The summed E-state index contributed by atoms with van der Waals surface area (Å²) in [6.45, 7) is 4.16. The quantitative estimate of drug-likeness (QED) is 0.445. The summed E-state index contributed by atoms with van der Waals surface area (Å²) in [4.78, 5) is 39.0. The second-order valence-corrected chi connectivity index (χ2v) is 9.65. The molecule has 1 unspecified atom stereocenters. The molecular formula is C26H29ClN6O2. The highest BCUT2D eigenvalue weighted by molar-refractivity contribution is 6.33. The Morgan fingerprint density at radius 3 is 2.86 bits per heavy atom. The Morgan fingerprint density at radius 1 is 1.17 bits per heavy atom. The maximum atomic E-state index is 12.9. The number of aromatic nitrogens is 3. The molecule has 1 aromatic carbocycles. The molecule has 2 aromatic heterocycles. The lowest BCUT2D eigenvalue weighted by Gasteiger charge is -2.32. The highest BCUT2D eigenvalue weighted by Gasteiger charge is 2.34. The molecule has 1 aliphatic carbocycles. The van der Waals surface area contributed by atoms with Gasteiger partial charge in [-0.3, -0.25) is 9.59 Å². The summed E-state index contributed by atoms with van der Waals surface area (Å²) in [5, 5.41) is 8.16. The first-order valence-corrected chi connectivity index (χ1v) is 12.5. The number of halogens is 1. The van der Waals surface area contributed by atoms with E-state index in [4.69, 9.17) is 16.6 Å². The van der Waals surface area contributed by atoms with Gasteiger partial charge in [0, 0.05) is 41.3 Å². The molecule has 0 radical (unpaired) electrons. The predicted molar refractivity (Wildman–Crippen MR) is 137 cm³/mol. The summed E-state index contributed by atoms with van der Waals surface area (Å²) < 4.78 is 0. The highest BCUT2D eigenvalue weighted by Crippen LogP contribution is 2.33. The van der Waals surface area contributed by atoms with Crippen molar-refractivity contribution in [1.29, 1.82) is 0 Å². The first-order chi connectivity index (χ1) is 17.0. The SMILES string of the molecule is C=CC(=O)N1CCCC1C(=O)N[C@H]1CCC[C@@H](Nc2ncc(Cl)c(-c3c[nH]c4ccccc34)n2)C1. The number of anilines is 1. The van der Waals surface area contributed by atoms with Crippen molar-refractivity contribution in [1.82, 2.24) is 25.2 Å². The molecule has 2 fully saturated rings. The summed E-state index contributed by atoms with van der Waals surface area (Å²) in [6, 6.07) is 7.78. The van der Waals surface area contributed by atoms with Crippen molar-refractivity contribution < 1.29 is 9.59 Å². The van der Waals surface area contributed by atoms with E-state index in [1.807, 2.05) is 30.5 Å². The number of para-hydroxylation sites is 1. The van der Waals surface area contributed by atoms with Crippen LogP contribution in [-0.4, -0.2) is 56.3 Å². The molecule has 2 aliphatic rings. The molecule has 1 saturated carbocycles. The van der Waals surface area contributed by atoms with Crippen molar-refractivity contribution in [3.8, 4) is 11.3 Å². The van der Waals surface area contributed by atoms with Gasteiger partial charge in [-0.25, -0.2) is 9.97 Å². The molecule has 2 amide bonds. The maximum Gasteiger partial charge on any atom is 0.246 e. The van der Waals surface area contributed by atoms with Crippen LogP contribution in [0.1, 0.15) is 38.5 Å². The van der Waals surface area contributed by atoms with Crippen LogP contribution in [0.15, 0.2) is 49.3 Å². The van der Waals surface area contributed by atoms with Crippen LogP contribution in [0, 0.1) is 0 Å². The molecule has 1 saturated heterocycles. The molecule has 182 valence electrons. The number of fused-ring (bicyclic) bond motifs is 1. The van der Waals surface area contributed by atoms with E-state index < -0.39 is 6.04 Å². The molecule has 35 heavy (non-hydrogen) atoms. The molecule has 0 bridgehead atoms. The number of hydrogen-bond acceptors (Lipinski definition) is 5. The van der Waals surface area contributed by atoms with Gasteiger partial charge in [-0.15, -0.1) is 0 Å². The third-order valence-corrected chi connectivity index (χ3v) is 7.23. The molecule has 8 nitrogen and oxygen atoms in total. The molecular weight excluding hydrogens is 464 g/mol. The fourth-order valence-electron chi connectivity index (χ4n) is 5.25. The number of hydrogen-bond donors (Lipinski definition) is 3. The van der Waals surface area contributed by atoms with E-state index in [0.29, 0.717) is 29.6 Å². The predicted octanol–water partition coefficient (Wildman–Crippen LogP) is 4.29. The van der Waals surface area contributed by atoms with Crippen LogP contribution in [0.4, 0.5) is 5.95 Å². The van der Waals surface area contributed by atoms with Gasteiger partial charge in [0.2, 0.25) is 17.8 Å². The number of likely N-dealkylation sites (tertiary alicyclic amines) is 1. The van der Waals surface area contributed by atoms with Crippen molar-refractivity contribution in [3.05, 3.63) is 54.3 Å². The molecule has 0 spiro atoms. The standard InChI is InChI=1S/C26H29ClN6O2/c1-2-23(34)33-12-6-11-22(33)25(35)30-16-7-5-8-17(13-16)31-26-29-15-20(27)24(32-26)19-14-28-21-10-4-3-9-18(19)21/h2-4,9-10,14-17,22,28H,1,5-8,11-13H2,(H,30,35)(H,29,31,32)/t16-,17+,22?/m0/s1. The summed E-state index contributed by atoms with van der Waals surface area (Å²) in [6.07, 6.45) is 9.96. The summed E-state index contributed by atoms with van der Waals surface area (Å²) in [5.74, 6) is 0.259. The van der Waals surface area contributed by atoms with Gasteiger partial charge in [-0.2, -0.15) is 0 Å². The number of carbonyl (C=O) groups is 2. The van der Waals surface area contributed by atoms with Crippen molar-refractivity contribution in [3.63, 3.8) is 0 Å². The third-order valence-electron chi connectivity index (χ3n) is 6.96. The number of nitrogens with one attached hydrogen (secondary N) is 3. The van der Waals surface area contributed by atoms with Gasteiger partial charge in [-0.1, -0.05) is 36.4 Å². The lowest BCUT2D eigenvalue weighted by Crippen LogP contribution is -2.50. The molecule has 1 aliphatic heterocycles. The Balaban J connectivity index is 1.26. The van der Waals surface area contributed by atoms with E-state index in [1.165, 1.54) is 6.08 Å². The van der Waals surface area contributed by atoms with Gasteiger partial charge in [0.1, 0.15) is 6.04 Å². The number of H-pyrrole nitrogens is 1. The van der Waals surface area contributed by atoms with Gasteiger partial charge in [0.05, 0.1) is 16.9 Å². The normalized spacial score (nSPS) is 22.2. The number of amides is 2. The summed E-state index contributed by atoms with van der Waals surface area (Å²) >= 11 is 6.47. The lowest BCUT2D eigenvalue weighted by molar-refractivity contribution is -0.135. The zero-order valence-electron chi connectivity index (χ0n) is 19.5. The minimum absolute atomic E-state index is 0.0374. The second-order valence-electron chi connectivity index (χ2n) is 9.25. The van der Waals surface area contributed by atoms with E-state index in [1.54, 1.807) is 11.1 Å². The zero-order valence-corrected chi connectivity index (χ0v) is 20.2. The van der Waals surface area contributed by atoms with Crippen LogP contribution in [0.5, 0.6) is 0 Å². The van der Waals surface area contributed by atoms with Crippen LogP contribution in [0.25, 0.3) is 22.2 Å². The Bertz CT molecular complexity index is 1260. The van der Waals surface area contributed by atoms with E-state index >= 15 is 0 Å². The van der Waals surface area contributed by atoms with E-state index in [2.05, 4.69) is 27.2 Å². The van der Waals surface area contributed by atoms with Crippen LogP contribution in [0.2, 0.25) is 5.02 Å². The van der Waals surface area contributed by atoms with Gasteiger partial charge in [-0.05, 0) is 50.7 Å². The molecule has 3 atom stereocenters. The zero-order chi connectivity index (χ0) is 24.4. The largest absolute Gasteiger partial charge is 0.360 e. The molecule has 3 heterocycles. The van der Waals surface area contributed by atoms with Crippen molar-refractivity contribution >= 4 is 40.3 Å². The Morgan fingerprint density at radius 2 is 2.00 bits per heavy atom. The Hall–Kier alpha value is -3.39.